The molecule has 0 fully saturated rings. The van der Waals surface area contributed by atoms with Gasteiger partial charge in [0.05, 0.1) is 33.0 Å². The van der Waals surface area contributed by atoms with Gasteiger partial charge in [0.15, 0.2) is 11.5 Å². The van der Waals surface area contributed by atoms with Gasteiger partial charge in [0.25, 0.3) is 0 Å². The molecule has 9 heteroatoms. The van der Waals surface area contributed by atoms with Gasteiger partial charge in [0, 0.05) is 18.9 Å². The van der Waals surface area contributed by atoms with Crippen LogP contribution in [0.1, 0.15) is 76.8 Å². The van der Waals surface area contributed by atoms with E-state index in [1.54, 1.807) is 6.92 Å². The van der Waals surface area contributed by atoms with Gasteiger partial charge in [-0.3, -0.25) is 9.59 Å². The molecular weight excluding hydrogens is 612 g/mol. The Labute approximate surface area is 284 Å². The molecule has 0 unspecified atom stereocenters. The van der Waals surface area contributed by atoms with Crippen LogP contribution in [0.3, 0.4) is 0 Å². The molecule has 3 aromatic carbocycles. The second-order valence-corrected chi connectivity index (χ2v) is 11.5. The minimum absolute atomic E-state index is 0.217. The standard InChI is InChI=1S/C39H50O9/c1-4-42-32-25-31(30-17-19-36-37(27-30)48-24-23-47-36)26-33(28-32)45-21-10-8-7-9-13-29-14-11-15-35(34(29)18-20-39(41)44-6-3)46-22-12-16-38(40)43-5-2/h11,14-15,17,19,25-28H,4-10,12-13,16,18,20-24H2,1-3H3. The lowest BCUT2D eigenvalue weighted by molar-refractivity contribution is -0.144. The zero-order valence-corrected chi connectivity index (χ0v) is 28.7. The number of carbonyl (C=O) groups is 2. The van der Waals surface area contributed by atoms with Crippen LogP contribution < -0.4 is 23.7 Å². The molecule has 1 heterocycles. The summed E-state index contributed by atoms with van der Waals surface area (Å²) in [6.07, 6.45) is 6.62. The largest absolute Gasteiger partial charge is 0.494 e. The predicted octanol–water partition coefficient (Wildman–Crippen LogP) is 7.92. The molecule has 1 aliphatic heterocycles. The first-order valence-corrected chi connectivity index (χ1v) is 17.4. The molecule has 9 nitrogen and oxygen atoms in total. The third kappa shape index (κ3) is 11.7. The van der Waals surface area contributed by atoms with Crippen LogP contribution in [0, 0.1) is 0 Å². The van der Waals surface area contributed by atoms with E-state index < -0.39 is 0 Å². The maximum absolute atomic E-state index is 12.2. The van der Waals surface area contributed by atoms with Crippen LogP contribution in [-0.2, 0) is 31.9 Å². The molecular formula is C39H50O9. The van der Waals surface area contributed by atoms with E-state index in [1.807, 2.05) is 62.4 Å². The molecule has 0 N–H and O–H groups in total. The average molecular weight is 663 g/mol. The Morgan fingerprint density at radius 3 is 2.10 bits per heavy atom. The highest BCUT2D eigenvalue weighted by Crippen LogP contribution is 2.37. The van der Waals surface area contributed by atoms with Gasteiger partial charge in [-0.2, -0.15) is 0 Å². The summed E-state index contributed by atoms with van der Waals surface area (Å²) < 4.78 is 39.8. The van der Waals surface area contributed by atoms with E-state index in [4.69, 9.17) is 33.2 Å². The van der Waals surface area contributed by atoms with Crippen molar-refractivity contribution in [3.63, 3.8) is 0 Å². The van der Waals surface area contributed by atoms with E-state index in [2.05, 4.69) is 6.07 Å². The fourth-order valence-corrected chi connectivity index (χ4v) is 5.61. The molecule has 0 radical (unpaired) electrons. The normalized spacial score (nSPS) is 11.9. The summed E-state index contributed by atoms with van der Waals surface area (Å²) in [5.41, 5.74) is 4.22. The van der Waals surface area contributed by atoms with E-state index in [0.29, 0.717) is 71.9 Å². The third-order valence-corrected chi connectivity index (χ3v) is 7.88. The molecule has 3 aromatic rings. The quantitative estimate of drug-likeness (QED) is 0.0832. The van der Waals surface area contributed by atoms with Crippen molar-refractivity contribution in [2.24, 2.45) is 0 Å². The van der Waals surface area contributed by atoms with Crippen LogP contribution in [0.5, 0.6) is 28.7 Å². The topological polar surface area (TPSA) is 98.8 Å². The number of ether oxygens (including phenoxy) is 7. The number of aryl methyl sites for hydroxylation is 1. The molecule has 0 bridgehead atoms. The van der Waals surface area contributed by atoms with Crippen molar-refractivity contribution >= 4 is 11.9 Å². The molecule has 0 spiro atoms. The Balaban J connectivity index is 1.28. The van der Waals surface area contributed by atoms with Crippen LogP contribution in [-0.4, -0.2) is 58.2 Å². The Hall–Kier alpha value is -4.40. The number of carbonyl (C=O) groups excluding carboxylic acids is 2. The van der Waals surface area contributed by atoms with Gasteiger partial charge >= 0.3 is 11.9 Å². The number of esters is 2. The Morgan fingerprint density at radius 2 is 1.33 bits per heavy atom. The monoisotopic (exact) mass is 662 g/mol. The predicted molar refractivity (Wildman–Crippen MR) is 184 cm³/mol. The van der Waals surface area contributed by atoms with Crippen molar-refractivity contribution in [3.05, 3.63) is 65.7 Å². The second-order valence-electron chi connectivity index (χ2n) is 11.5. The zero-order valence-electron chi connectivity index (χ0n) is 28.7. The number of hydrogen-bond donors (Lipinski definition) is 0. The summed E-state index contributed by atoms with van der Waals surface area (Å²) >= 11 is 0. The molecule has 0 saturated heterocycles. The smallest absolute Gasteiger partial charge is 0.306 e. The van der Waals surface area contributed by atoms with Gasteiger partial charge < -0.3 is 33.2 Å². The fraction of sp³-hybridized carbons (Fsp3) is 0.487. The SMILES string of the molecule is CCOC(=O)CCCOc1cccc(CCCCCCOc2cc(OCC)cc(-c3ccc4c(c3)OCCO4)c2)c1CCC(=O)OCC. The molecule has 260 valence electrons. The summed E-state index contributed by atoms with van der Waals surface area (Å²) in [4.78, 5) is 23.8. The molecule has 0 saturated carbocycles. The molecule has 0 aliphatic carbocycles. The summed E-state index contributed by atoms with van der Waals surface area (Å²) in [7, 11) is 0. The van der Waals surface area contributed by atoms with Crippen LogP contribution in [0.15, 0.2) is 54.6 Å². The lowest BCUT2D eigenvalue weighted by Crippen LogP contribution is -2.15. The van der Waals surface area contributed by atoms with Crippen LogP contribution in [0.2, 0.25) is 0 Å². The summed E-state index contributed by atoms with van der Waals surface area (Å²) in [5, 5.41) is 0. The number of hydrogen-bond acceptors (Lipinski definition) is 9. The highest BCUT2D eigenvalue weighted by atomic mass is 16.6. The first-order chi connectivity index (χ1) is 23.5. The van der Waals surface area contributed by atoms with Gasteiger partial charge in [-0.25, -0.2) is 0 Å². The molecule has 0 amide bonds. The number of fused-ring (bicyclic) bond motifs is 1. The Morgan fingerprint density at radius 1 is 0.625 bits per heavy atom. The van der Waals surface area contributed by atoms with Gasteiger partial charge in [0.2, 0.25) is 0 Å². The first-order valence-electron chi connectivity index (χ1n) is 17.4. The van der Waals surface area contributed by atoms with Crippen molar-refractivity contribution in [2.45, 2.75) is 78.6 Å². The number of unbranched alkanes of at least 4 members (excludes halogenated alkanes) is 3. The molecule has 1 aliphatic rings. The maximum atomic E-state index is 12.2. The van der Waals surface area contributed by atoms with Gasteiger partial charge in [-0.05, 0) is 105 Å². The lowest BCUT2D eigenvalue weighted by atomic mass is 9.96. The first kappa shape index (κ1) is 36.4. The van der Waals surface area contributed by atoms with Crippen LogP contribution in [0.25, 0.3) is 11.1 Å². The van der Waals surface area contributed by atoms with E-state index in [-0.39, 0.29) is 11.9 Å². The van der Waals surface area contributed by atoms with Gasteiger partial charge in [-0.15, -0.1) is 0 Å². The second kappa shape index (κ2) is 20.1. The number of benzene rings is 3. The average Bonchev–Trinajstić information content (AvgIpc) is 3.09. The van der Waals surface area contributed by atoms with Crippen molar-refractivity contribution < 1.29 is 42.7 Å². The van der Waals surface area contributed by atoms with E-state index in [0.717, 1.165) is 77.5 Å². The molecule has 0 aromatic heterocycles. The summed E-state index contributed by atoms with van der Waals surface area (Å²) in [6.45, 7) is 9.00. The molecule has 0 atom stereocenters. The highest BCUT2D eigenvalue weighted by molar-refractivity contribution is 5.71. The molecule has 48 heavy (non-hydrogen) atoms. The minimum Gasteiger partial charge on any atom is -0.494 e. The van der Waals surface area contributed by atoms with Crippen molar-refractivity contribution in [1.82, 2.24) is 0 Å². The fourth-order valence-electron chi connectivity index (χ4n) is 5.61. The van der Waals surface area contributed by atoms with Crippen molar-refractivity contribution in [1.29, 1.82) is 0 Å². The lowest BCUT2D eigenvalue weighted by Gasteiger charge is -2.19. The third-order valence-electron chi connectivity index (χ3n) is 7.88. The Kier molecular flexibility index (Phi) is 15.2. The maximum Gasteiger partial charge on any atom is 0.306 e. The van der Waals surface area contributed by atoms with Gasteiger partial charge in [0.1, 0.15) is 30.5 Å². The summed E-state index contributed by atoms with van der Waals surface area (Å²) in [5.74, 6) is 3.38. The van der Waals surface area contributed by atoms with E-state index in [1.165, 1.54) is 5.56 Å². The Bertz CT molecular complexity index is 1450. The van der Waals surface area contributed by atoms with Crippen LogP contribution >= 0.6 is 0 Å². The van der Waals surface area contributed by atoms with Crippen molar-refractivity contribution in [3.8, 4) is 39.9 Å². The summed E-state index contributed by atoms with van der Waals surface area (Å²) in [6, 6.07) is 18.0. The minimum atomic E-state index is -0.219. The number of rotatable bonds is 21. The van der Waals surface area contributed by atoms with Gasteiger partial charge in [-0.1, -0.05) is 31.0 Å². The van der Waals surface area contributed by atoms with Crippen molar-refractivity contribution in [2.75, 3.05) is 46.2 Å². The highest BCUT2D eigenvalue weighted by Gasteiger charge is 2.15. The van der Waals surface area contributed by atoms with E-state index >= 15 is 0 Å². The van der Waals surface area contributed by atoms with Crippen LogP contribution in [0.4, 0.5) is 0 Å². The zero-order chi connectivity index (χ0) is 34.0. The van der Waals surface area contributed by atoms with E-state index in [9.17, 15) is 9.59 Å². The molecule has 4 rings (SSSR count).